The number of rotatable bonds is 5. The Hall–Kier alpha value is -3.23. The summed E-state index contributed by atoms with van der Waals surface area (Å²) in [5, 5.41) is 4.35. The van der Waals surface area contributed by atoms with Crippen LogP contribution in [0.4, 0.5) is 28.4 Å². The highest BCUT2D eigenvalue weighted by atomic mass is 35.5. The Morgan fingerprint density at radius 2 is 0.814 bits per heavy atom. The lowest BCUT2D eigenvalue weighted by Gasteiger charge is -2.31. The Bertz CT molecular complexity index is 1480. The van der Waals surface area contributed by atoms with Gasteiger partial charge in [-0.2, -0.15) is 0 Å². The molecule has 0 spiro atoms. The molecule has 0 aromatic heterocycles. The fraction of sp³-hybridized carbons (Fsp3) is 0.400. The summed E-state index contributed by atoms with van der Waals surface area (Å²) in [5.41, 5.74) is 10.3. The Labute approximate surface area is 266 Å². The van der Waals surface area contributed by atoms with Gasteiger partial charge in [-0.15, -0.1) is 0 Å². The number of benzene rings is 4. The van der Waals surface area contributed by atoms with Gasteiger partial charge in [0.15, 0.2) is 0 Å². The summed E-state index contributed by atoms with van der Waals surface area (Å²) in [6.45, 7) is 27.0. The van der Waals surface area contributed by atoms with Gasteiger partial charge in [-0.3, -0.25) is 0 Å². The lowest BCUT2D eigenvalue weighted by Crippen LogP contribution is -2.17. The molecule has 4 aromatic carbocycles. The van der Waals surface area contributed by atoms with Gasteiger partial charge >= 0.3 is 0 Å². The standard InChI is InChI=1S/C40H51ClN2/c1-37(2,3)27-13-19-31(20-14-27)42-34-25-30(40(10,11)12)26-35(36(34)41)43(32-21-15-28(16-22-32)38(4,5)6)33-23-17-29(18-24-33)39(7,8)9/h13-26,42H,1-12H3. The third-order valence-electron chi connectivity index (χ3n) is 8.17. The van der Waals surface area contributed by atoms with Crippen molar-refractivity contribution < 1.29 is 0 Å². The molecule has 0 fully saturated rings. The molecule has 4 rings (SSSR count). The van der Waals surface area contributed by atoms with Crippen molar-refractivity contribution >= 4 is 40.0 Å². The van der Waals surface area contributed by atoms with Crippen LogP contribution < -0.4 is 10.2 Å². The van der Waals surface area contributed by atoms with Crippen LogP contribution in [0.2, 0.25) is 5.02 Å². The molecule has 0 aliphatic heterocycles. The van der Waals surface area contributed by atoms with Crippen molar-refractivity contribution in [3.05, 3.63) is 112 Å². The summed E-state index contributed by atoms with van der Waals surface area (Å²) in [6.07, 6.45) is 0. The molecule has 0 atom stereocenters. The maximum atomic E-state index is 7.38. The number of halogens is 1. The minimum Gasteiger partial charge on any atom is -0.354 e. The number of nitrogens with zero attached hydrogens (tertiary/aromatic N) is 1. The molecule has 0 radical (unpaired) electrons. The Balaban J connectivity index is 1.91. The van der Waals surface area contributed by atoms with Gasteiger partial charge in [-0.1, -0.05) is 131 Å². The van der Waals surface area contributed by atoms with E-state index >= 15 is 0 Å². The molecule has 0 saturated heterocycles. The van der Waals surface area contributed by atoms with Gasteiger partial charge in [-0.05, 0) is 92.4 Å². The van der Waals surface area contributed by atoms with Crippen LogP contribution in [0.15, 0.2) is 84.9 Å². The van der Waals surface area contributed by atoms with E-state index in [1.807, 2.05) is 0 Å². The average molecular weight is 595 g/mol. The third kappa shape index (κ3) is 7.65. The highest BCUT2D eigenvalue weighted by Crippen LogP contribution is 2.46. The molecular formula is C40H51ClN2. The summed E-state index contributed by atoms with van der Waals surface area (Å²) in [6, 6.07) is 31.0. The summed E-state index contributed by atoms with van der Waals surface area (Å²) in [5.74, 6) is 0. The van der Waals surface area contributed by atoms with E-state index in [1.165, 1.54) is 22.3 Å². The largest absolute Gasteiger partial charge is 0.354 e. The van der Waals surface area contributed by atoms with Crippen molar-refractivity contribution in [2.24, 2.45) is 0 Å². The average Bonchev–Trinajstić information content (AvgIpc) is 2.89. The second kappa shape index (κ2) is 11.7. The van der Waals surface area contributed by atoms with E-state index < -0.39 is 0 Å². The van der Waals surface area contributed by atoms with Crippen molar-refractivity contribution in [2.45, 2.75) is 105 Å². The maximum Gasteiger partial charge on any atom is 0.0881 e. The molecule has 2 nitrogen and oxygen atoms in total. The molecule has 4 aromatic rings. The highest BCUT2D eigenvalue weighted by molar-refractivity contribution is 6.36. The van der Waals surface area contributed by atoms with E-state index in [9.17, 15) is 0 Å². The van der Waals surface area contributed by atoms with Gasteiger partial charge in [0.05, 0.1) is 16.4 Å². The zero-order chi connectivity index (χ0) is 32.0. The van der Waals surface area contributed by atoms with Crippen LogP contribution in [0.25, 0.3) is 0 Å². The van der Waals surface area contributed by atoms with E-state index in [4.69, 9.17) is 11.6 Å². The van der Waals surface area contributed by atoms with E-state index in [-0.39, 0.29) is 21.7 Å². The SMILES string of the molecule is CC(C)(C)c1ccc(Nc2cc(C(C)(C)C)cc(N(c3ccc(C(C)(C)C)cc3)c3ccc(C(C)(C)C)cc3)c2Cl)cc1. The molecule has 3 heteroatoms. The fourth-order valence-corrected chi connectivity index (χ4v) is 5.39. The van der Waals surface area contributed by atoms with E-state index in [2.05, 4.69) is 178 Å². The van der Waals surface area contributed by atoms with Gasteiger partial charge in [0, 0.05) is 17.1 Å². The monoisotopic (exact) mass is 594 g/mol. The van der Waals surface area contributed by atoms with Gasteiger partial charge in [-0.25, -0.2) is 0 Å². The second-order valence-electron chi connectivity index (χ2n) is 16.0. The van der Waals surface area contributed by atoms with E-state index in [0.717, 1.165) is 28.4 Å². The summed E-state index contributed by atoms with van der Waals surface area (Å²) >= 11 is 7.38. The molecule has 228 valence electrons. The number of hydrogen-bond donors (Lipinski definition) is 1. The van der Waals surface area contributed by atoms with Crippen molar-refractivity contribution in [3.8, 4) is 0 Å². The summed E-state index contributed by atoms with van der Waals surface area (Å²) in [7, 11) is 0. The zero-order valence-electron chi connectivity index (χ0n) is 28.4. The molecule has 43 heavy (non-hydrogen) atoms. The number of nitrogens with one attached hydrogen (secondary N) is 1. The van der Waals surface area contributed by atoms with E-state index in [0.29, 0.717) is 5.02 Å². The van der Waals surface area contributed by atoms with Gasteiger partial charge in [0.1, 0.15) is 0 Å². The molecule has 0 aliphatic carbocycles. The maximum absolute atomic E-state index is 7.38. The summed E-state index contributed by atoms with van der Waals surface area (Å²) < 4.78 is 0. The molecule has 0 amide bonds. The van der Waals surface area contributed by atoms with Crippen LogP contribution in [0.3, 0.4) is 0 Å². The lowest BCUT2D eigenvalue weighted by atomic mass is 9.85. The van der Waals surface area contributed by atoms with Crippen LogP contribution in [0, 0.1) is 0 Å². The first-order chi connectivity index (χ1) is 19.7. The fourth-order valence-electron chi connectivity index (χ4n) is 5.15. The third-order valence-corrected chi connectivity index (χ3v) is 8.57. The van der Waals surface area contributed by atoms with Gasteiger partial charge in [0.25, 0.3) is 0 Å². The predicted molar refractivity (Wildman–Crippen MR) is 191 cm³/mol. The molecule has 0 unspecified atom stereocenters. The quantitative estimate of drug-likeness (QED) is 0.247. The first-order valence-electron chi connectivity index (χ1n) is 15.5. The Morgan fingerprint density at radius 3 is 1.16 bits per heavy atom. The van der Waals surface area contributed by atoms with Crippen molar-refractivity contribution in [3.63, 3.8) is 0 Å². The highest BCUT2D eigenvalue weighted by Gasteiger charge is 2.25. The Kier molecular flexibility index (Phi) is 8.89. The number of anilines is 5. The van der Waals surface area contributed by atoms with Crippen LogP contribution in [0.1, 0.15) is 105 Å². The number of hydrogen-bond acceptors (Lipinski definition) is 2. The minimum atomic E-state index is -0.0796. The van der Waals surface area contributed by atoms with E-state index in [1.54, 1.807) is 0 Å². The lowest BCUT2D eigenvalue weighted by molar-refractivity contribution is 0.589. The molecule has 1 N–H and O–H groups in total. The topological polar surface area (TPSA) is 15.3 Å². The molecular weight excluding hydrogens is 544 g/mol. The zero-order valence-corrected chi connectivity index (χ0v) is 29.2. The molecule has 0 heterocycles. The molecule has 0 aliphatic rings. The Morgan fingerprint density at radius 1 is 0.465 bits per heavy atom. The smallest absolute Gasteiger partial charge is 0.0881 e. The van der Waals surface area contributed by atoms with Crippen molar-refractivity contribution in [2.75, 3.05) is 10.2 Å². The first kappa shape index (κ1) is 32.7. The van der Waals surface area contributed by atoms with Crippen molar-refractivity contribution in [1.29, 1.82) is 0 Å². The van der Waals surface area contributed by atoms with Crippen LogP contribution in [-0.4, -0.2) is 0 Å². The van der Waals surface area contributed by atoms with Crippen molar-refractivity contribution in [1.82, 2.24) is 0 Å². The van der Waals surface area contributed by atoms with Crippen LogP contribution >= 0.6 is 11.6 Å². The van der Waals surface area contributed by atoms with Crippen LogP contribution in [-0.2, 0) is 21.7 Å². The minimum absolute atomic E-state index is 0.0706. The molecule has 0 saturated carbocycles. The summed E-state index contributed by atoms with van der Waals surface area (Å²) in [4.78, 5) is 2.30. The van der Waals surface area contributed by atoms with Crippen LogP contribution in [0.5, 0.6) is 0 Å². The van der Waals surface area contributed by atoms with Gasteiger partial charge in [0.2, 0.25) is 0 Å². The molecule has 0 bridgehead atoms. The first-order valence-corrected chi connectivity index (χ1v) is 15.9. The predicted octanol–water partition coefficient (Wildman–Crippen LogP) is 12.7. The normalized spacial score (nSPS) is 12.8. The van der Waals surface area contributed by atoms with Gasteiger partial charge < -0.3 is 10.2 Å². The second-order valence-corrected chi connectivity index (χ2v) is 16.4.